The molecule has 2 rings (SSSR count). The van der Waals surface area contributed by atoms with Gasteiger partial charge >= 0.3 is 0 Å². The first-order valence-electron chi connectivity index (χ1n) is 5.45. The highest BCUT2D eigenvalue weighted by atomic mass is 19.3. The van der Waals surface area contributed by atoms with Gasteiger partial charge in [0.1, 0.15) is 0 Å². The number of rotatable bonds is 3. The molecule has 1 nitrogen and oxygen atoms in total. The second kappa shape index (κ2) is 4.24. The van der Waals surface area contributed by atoms with Gasteiger partial charge < -0.3 is 4.57 Å². The predicted molar refractivity (Wildman–Crippen MR) is 61.7 cm³/mol. The Labute approximate surface area is 93.7 Å². The molecule has 1 heterocycles. The summed E-state index contributed by atoms with van der Waals surface area (Å²) in [5, 5.41) is 1.02. The summed E-state index contributed by atoms with van der Waals surface area (Å²) in [4.78, 5) is 0. The van der Waals surface area contributed by atoms with Crippen LogP contribution in [0, 0.1) is 5.92 Å². The molecular weight excluding hydrogens is 208 g/mol. The zero-order chi connectivity index (χ0) is 11.7. The van der Waals surface area contributed by atoms with E-state index >= 15 is 0 Å². The van der Waals surface area contributed by atoms with Gasteiger partial charge in [-0.25, -0.2) is 8.78 Å². The lowest BCUT2D eigenvalue weighted by molar-refractivity contribution is 0.151. The van der Waals surface area contributed by atoms with E-state index in [0.29, 0.717) is 5.92 Å². The topological polar surface area (TPSA) is 4.93 Å². The number of nitrogens with zero attached hydrogens (tertiary/aromatic N) is 1. The van der Waals surface area contributed by atoms with Crippen LogP contribution in [0.3, 0.4) is 0 Å². The largest absolute Gasteiger partial charge is 0.347 e. The Morgan fingerprint density at radius 3 is 2.56 bits per heavy atom. The minimum Gasteiger partial charge on any atom is -0.347 e. The van der Waals surface area contributed by atoms with E-state index in [1.165, 1.54) is 6.07 Å². The summed E-state index contributed by atoms with van der Waals surface area (Å²) in [6.07, 6.45) is -0.438. The summed E-state index contributed by atoms with van der Waals surface area (Å²) in [6, 6.07) is 6.80. The summed E-state index contributed by atoms with van der Waals surface area (Å²) in [5.74, 6) is 0.505. The molecule has 0 saturated carbocycles. The van der Waals surface area contributed by atoms with Crippen molar-refractivity contribution in [2.24, 2.45) is 5.92 Å². The maximum Gasteiger partial charge on any atom is 0.263 e. The third-order valence-corrected chi connectivity index (χ3v) is 2.61. The molecule has 0 unspecified atom stereocenters. The minimum absolute atomic E-state index is 0.0937. The van der Waals surface area contributed by atoms with Crippen molar-refractivity contribution >= 4 is 10.9 Å². The van der Waals surface area contributed by atoms with Crippen molar-refractivity contribution in [2.75, 3.05) is 0 Å². The molecule has 0 aliphatic heterocycles. The fraction of sp³-hybridized carbons (Fsp3) is 0.385. The van der Waals surface area contributed by atoms with Crippen LogP contribution in [-0.2, 0) is 6.54 Å². The number of halogens is 2. The monoisotopic (exact) mass is 223 g/mol. The van der Waals surface area contributed by atoms with Crippen molar-refractivity contribution in [1.82, 2.24) is 4.57 Å². The average molecular weight is 223 g/mol. The SMILES string of the molecule is CC(C)Cn1ccc2ccc(C(F)F)cc21. The number of fused-ring (bicyclic) bond motifs is 1. The molecule has 0 radical (unpaired) electrons. The van der Waals surface area contributed by atoms with Crippen LogP contribution in [0.4, 0.5) is 8.78 Å². The zero-order valence-electron chi connectivity index (χ0n) is 9.45. The van der Waals surface area contributed by atoms with Crippen LogP contribution in [0.2, 0.25) is 0 Å². The lowest BCUT2D eigenvalue weighted by Gasteiger charge is -2.09. The summed E-state index contributed by atoms with van der Waals surface area (Å²) < 4.78 is 27.2. The highest BCUT2D eigenvalue weighted by Gasteiger charge is 2.09. The number of aromatic nitrogens is 1. The first-order chi connectivity index (χ1) is 7.58. The molecule has 3 heteroatoms. The Balaban J connectivity index is 2.47. The van der Waals surface area contributed by atoms with Gasteiger partial charge in [0.25, 0.3) is 6.43 Å². The summed E-state index contributed by atoms with van der Waals surface area (Å²) >= 11 is 0. The van der Waals surface area contributed by atoms with Crippen LogP contribution in [-0.4, -0.2) is 4.57 Å². The van der Waals surface area contributed by atoms with Gasteiger partial charge in [0.05, 0.1) is 0 Å². The van der Waals surface area contributed by atoms with Crippen LogP contribution >= 0.6 is 0 Å². The van der Waals surface area contributed by atoms with E-state index in [-0.39, 0.29) is 5.56 Å². The second-order valence-electron chi connectivity index (χ2n) is 4.48. The maximum atomic E-state index is 12.6. The smallest absolute Gasteiger partial charge is 0.263 e. The normalized spacial score (nSPS) is 11.9. The summed E-state index contributed by atoms with van der Waals surface area (Å²) in [5.41, 5.74) is 0.989. The fourth-order valence-electron chi connectivity index (χ4n) is 1.89. The van der Waals surface area contributed by atoms with E-state index in [4.69, 9.17) is 0 Å². The molecule has 0 atom stereocenters. The fourth-order valence-corrected chi connectivity index (χ4v) is 1.89. The van der Waals surface area contributed by atoms with Crippen LogP contribution < -0.4 is 0 Å². The van der Waals surface area contributed by atoms with E-state index < -0.39 is 6.43 Å². The summed E-state index contributed by atoms with van der Waals surface area (Å²) in [6.45, 7) is 5.09. The molecule has 1 aromatic heterocycles. The van der Waals surface area contributed by atoms with Crippen molar-refractivity contribution in [3.8, 4) is 0 Å². The van der Waals surface area contributed by atoms with Crippen molar-refractivity contribution in [3.05, 3.63) is 36.0 Å². The maximum absolute atomic E-state index is 12.6. The van der Waals surface area contributed by atoms with Gasteiger partial charge in [-0.05, 0) is 23.4 Å². The third-order valence-electron chi connectivity index (χ3n) is 2.61. The summed E-state index contributed by atoms with van der Waals surface area (Å²) in [7, 11) is 0. The molecule has 16 heavy (non-hydrogen) atoms. The Hall–Kier alpha value is -1.38. The van der Waals surface area contributed by atoms with Gasteiger partial charge in [-0.3, -0.25) is 0 Å². The molecule has 2 aromatic rings. The lowest BCUT2D eigenvalue weighted by atomic mass is 10.1. The molecule has 0 spiro atoms. The van der Waals surface area contributed by atoms with Crippen molar-refractivity contribution in [1.29, 1.82) is 0 Å². The van der Waals surface area contributed by atoms with Crippen molar-refractivity contribution < 1.29 is 8.78 Å². The highest BCUT2D eigenvalue weighted by molar-refractivity contribution is 5.80. The van der Waals surface area contributed by atoms with E-state index in [2.05, 4.69) is 13.8 Å². The minimum atomic E-state index is -2.40. The molecule has 0 fully saturated rings. The molecule has 0 aliphatic rings. The van der Waals surface area contributed by atoms with Crippen molar-refractivity contribution in [2.45, 2.75) is 26.8 Å². The highest BCUT2D eigenvalue weighted by Crippen LogP contribution is 2.24. The Kier molecular flexibility index (Phi) is 2.95. The first kappa shape index (κ1) is 11.1. The molecule has 1 aromatic carbocycles. The molecular formula is C13H15F2N. The quantitative estimate of drug-likeness (QED) is 0.733. The Morgan fingerprint density at radius 1 is 1.19 bits per heavy atom. The van der Waals surface area contributed by atoms with E-state index in [0.717, 1.165) is 17.4 Å². The van der Waals surface area contributed by atoms with Gasteiger partial charge in [0.2, 0.25) is 0 Å². The van der Waals surface area contributed by atoms with Gasteiger partial charge in [-0.2, -0.15) is 0 Å². The molecule has 86 valence electrons. The second-order valence-corrected chi connectivity index (χ2v) is 4.48. The molecule has 0 bridgehead atoms. The molecule has 0 aliphatic carbocycles. The molecule has 0 N–H and O–H groups in total. The standard InChI is InChI=1S/C13H15F2N/c1-9(2)8-16-6-5-10-3-4-11(13(14)15)7-12(10)16/h3-7,9,13H,8H2,1-2H3. The van der Waals surface area contributed by atoms with Crippen LogP contribution in [0.1, 0.15) is 25.8 Å². The first-order valence-corrected chi connectivity index (χ1v) is 5.45. The molecule has 0 saturated heterocycles. The number of hydrogen-bond donors (Lipinski definition) is 0. The Morgan fingerprint density at radius 2 is 1.94 bits per heavy atom. The number of alkyl halides is 2. The van der Waals surface area contributed by atoms with E-state index in [1.54, 1.807) is 12.1 Å². The third kappa shape index (κ3) is 2.08. The van der Waals surface area contributed by atoms with Crippen LogP contribution in [0.25, 0.3) is 10.9 Å². The van der Waals surface area contributed by atoms with Gasteiger partial charge in [0.15, 0.2) is 0 Å². The zero-order valence-corrected chi connectivity index (χ0v) is 9.45. The van der Waals surface area contributed by atoms with Gasteiger partial charge in [0, 0.05) is 23.8 Å². The lowest BCUT2D eigenvalue weighted by Crippen LogP contribution is -2.02. The van der Waals surface area contributed by atoms with Gasteiger partial charge in [-0.1, -0.05) is 26.0 Å². The number of benzene rings is 1. The predicted octanol–water partition coefficient (Wildman–Crippen LogP) is 4.23. The van der Waals surface area contributed by atoms with E-state index in [1.807, 2.05) is 16.8 Å². The van der Waals surface area contributed by atoms with Crippen LogP contribution in [0.5, 0.6) is 0 Å². The molecule has 0 amide bonds. The average Bonchev–Trinajstić information content (AvgIpc) is 2.60. The van der Waals surface area contributed by atoms with Gasteiger partial charge in [-0.15, -0.1) is 0 Å². The Bertz CT molecular complexity index is 486. The van der Waals surface area contributed by atoms with E-state index in [9.17, 15) is 8.78 Å². The number of hydrogen-bond acceptors (Lipinski definition) is 0. The van der Waals surface area contributed by atoms with Crippen LogP contribution in [0.15, 0.2) is 30.5 Å². The van der Waals surface area contributed by atoms with Crippen molar-refractivity contribution in [3.63, 3.8) is 0 Å².